The van der Waals surface area contributed by atoms with E-state index in [1.165, 1.54) is 24.4 Å². The van der Waals surface area contributed by atoms with Crippen molar-refractivity contribution in [2.24, 2.45) is 0 Å². The van der Waals surface area contributed by atoms with Crippen LogP contribution in [0.2, 0.25) is 0 Å². The van der Waals surface area contributed by atoms with E-state index in [1.54, 1.807) is 11.6 Å². The molecule has 0 spiro atoms. The Bertz CT molecular complexity index is 924. The zero-order chi connectivity index (χ0) is 17.7. The van der Waals surface area contributed by atoms with E-state index in [-0.39, 0.29) is 0 Å². The average Bonchev–Trinajstić information content (AvgIpc) is 3.30. The Labute approximate surface area is 155 Å². The first kappa shape index (κ1) is 15.8. The largest absolute Gasteiger partial charge is 0.493 e. The summed E-state index contributed by atoms with van der Waals surface area (Å²) in [6.07, 6.45) is 6.46. The minimum Gasteiger partial charge on any atom is -0.493 e. The Balaban J connectivity index is 1.34. The van der Waals surface area contributed by atoms with Gasteiger partial charge in [-0.25, -0.2) is 9.50 Å². The summed E-state index contributed by atoms with van der Waals surface area (Å²) in [7, 11) is 1.65. The standard InChI is InChI=1S/C17H21N7OS/c1-10-18-17(26-22-10)24-12-5-6-13(24)9-11(8-12)19-16-20-15-14(25-2)4-3-7-23(15)21-16/h3-4,7,11-13H,5-6,8-9H2,1-2H3,(H,19,21). The number of piperidine rings is 1. The fraction of sp³-hybridized carbons (Fsp3) is 0.529. The molecule has 136 valence electrons. The maximum Gasteiger partial charge on any atom is 0.243 e. The van der Waals surface area contributed by atoms with Gasteiger partial charge < -0.3 is 15.0 Å². The van der Waals surface area contributed by atoms with Gasteiger partial charge >= 0.3 is 0 Å². The van der Waals surface area contributed by atoms with Crippen LogP contribution in [0.25, 0.3) is 5.65 Å². The molecule has 3 aromatic heterocycles. The third-order valence-electron chi connectivity index (χ3n) is 5.35. The highest BCUT2D eigenvalue weighted by Gasteiger charge is 2.42. The Morgan fingerprint density at radius 1 is 1.23 bits per heavy atom. The number of fused-ring (bicyclic) bond motifs is 3. The van der Waals surface area contributed by atoms with Crippen LogP contribution >= 0.6 is 11.5 Å². The Hall–Kier alpha value is -2.42. The number of hydrogen-bond donors (Lipinski definition) is 1. The summed E-state index contributed by atoms with van der Waals surface area (Å²) in [5.41, 5.74) is 0.738. The van der Waals surface area contributed by atoms with Gasteiger partial charge in [0.2, 0.25) is 11.1 Å². The SMILES string of the molecule is COc1cccn2nc(NC3CC4CCC(C3)N4c3nc(C)ns3)nc12. The maximum absolute atomic E-state index is 5.37. The summed E-state index contributed by atoms with van der Waals surface area (Å²) in [5, 5.41) is 9.16. The first-order chi connectivity index (χ1) is 12.7. The van der Waals surface area contributed by atoms with Crippen LogP contribution in [0.4, 0.5) is 11.1 Å². The molecule has 0 aliphatic carbocycles. The van der Waals surface area contributed by atoms with Crippen LogP contribution in [0.15, 0.2) is 18.3 Å². The summed E-state index contributed by atoms with van der Waals surface area (Å²) in [4.78, 5) is 11.7. The monoisotopic (exact) mass is 371 g/mol. The molecule has 5 heterocycles. The quantitative estimate of drug-likeness (QED) is 0.755. The van der Waals surface area contributed by atoms with Crippen molar-refractivity contribution in [2.45, 2.75) is 50.7 Å². The molecule has 0 amide bonds. The van der Waals surface area contributed by atoms with E-state index >= 15 is 0 Å². The molecule has 3 aromatic rings. The fourth-order valence-electron chi connectivity index (χ4n) is 4.28. The Kier molecular flexibility index (Phi) is 3.70. The van der Waals surface area contributed by atoms with Crippen LogP contribution in [0.3, 0.4) is 0 Å². The van der Waals surface area contributed by atoms with Crippen LogP contribution < -0.4 is 15.0 Å². The number of hydrogen-bond acceptors (Lipinski definition) is 8. The number of ether oxygens (including phenoxy) is 1. The predicted octanol–water partition coefficient (Wildman–Crippen LogP) is 2.51. The molecule has 2 bridgehead atoms. The van der Waals surface area contributed by atoms with Crippen molar-refractivity contribution in [2.75, 3.05) is 17.3 Å². The number of anilines is 2. The van der Waals surface area contributed by atoms with Gasteiger partial charge in [-0.3, -0.25) is 0 Å². The second-order valence-corrected chi connectivity index (χ2v) is 7.74. The van der Waals surface area contributed by atoms with Crippen molar-refractivity contribution in [3.63, 3.8) is 0 Å². The first-order valence-electron chi connectivity index (χ1n) is 8.96. The van der Waals surface area contributed by atoms with Gasteiger partial charge in [-0.2, -0.15) is 9.36 Å². The van der Waals surface area contributed by atoms with Crippen molar-refractivity contribution in [3.05, 3.63) is 24.2 Å². The smallest absolute Gasteiger partial charge is 0.243 e. The molecule has 2 fully saturated rings. The minimum absolute atomic E-state index is 0.376. The van der Waals surface area contributed by atoms with Crippen LogP contribution in [0.1, 0.15) is 31.5 Å². The second kappa shape index (κ2) is 6.08. The van der Waals surface area contributed by atoms with Crippen molar-refractivity contribution in [3.8, 4) is 5.75 Å². The van der Waals surface area contributed by atoms with E-state index in [9.17, 15) is 0 Å². The topological polar surface area (TPSA) is 80.5 Å². The van der Waals surface area contributed by atoms with Crippen molar-refractivity contribution in [1.29, 1.82) is 0 Å². The van der Waals surface area contributed by atoms with E-state index in [0.29, 0.717) is 24.1 Å². The highest BCUT2D eigenvalue weighted by Crippen LogP contribution is 2.40. The normalized spacial score (nSPS) is 25.0. The molecule has 2 unspecified atom stereocenters. The molecule has 2 atom stereocenters. The molecular weight excluding hydrogens is 350 g/mol. The van der Waals surface area contributed by atoms with E-state index in [2.05, 4.69) is 29.7 Å². The van der Waals surface area contributed by atoms with Gasteiger partial charge in [-0.1, -0.05) is 0 Å². The zero-order valence-corrected chi connectivity index (χ0v) is 15.6. The predicted molar refractivity (Wildman–Crippen MR) is 100 cm³/mol. The molecule has 1 N–H and O–H groups in total. The molecular formula is C17H21N7OS. The molecule has 2 aliphatic rings. The van der Waals surface area contributed by atoms with Crippen LogP contribution in [-0.2, 0) is 0 Å². The summed E-state index contributed by atoms with van der Waals surface area (Å²) in [6, 6.07) is 5.22. The van der Waals surface area contributed by atoms with E-state index in [0.717, 1.165) is 35.2 Å². The van der Waals surface area contributed by atoms with E-state index < -0.39 is 0 Å². The van der Waals surface area contributed by atoms with Crippen molar-refractivity contribution in [1.82, 2.24) is 24.0 Å². The van der Waals surface area contributed by atoms with E-state index in [4.69, 9.17) is 4.74 Å². The first-order valence-corrected chi connectivity index (χ1v) is 9.73. The number of nitrogens with zero attached hydrogens (tertiary/aromatic N) is 6. The molecule has 2 aliphatic heterocycles. The number of aryl methyl sites for hydroxylation is 1. The van der Waals surface area contributed by atoms with Gasteiger partial charge in [0.25, 0.3) is 0 Å². The van der Waals surface area contributed by atoms with Gasteiger partial charge in [-0.15, -0.1) is 5.10 Å². The molecule has 0 aromatic carbocycles. The highest BCUT2D eigenvalue weighted by molar-refractivity contribution is 7.09. The van der Waals surface area contributed by atoms with Crippen molar-refractivity contribution < 1.29 is 4.74 Å². The summed E-state index contributed by atoms with van der Waals surface area (Å²) in [5.74, 6) is 2.26. The lowest BCUT2D eigenvalue weighted by molar-refractivity contribution is 0.416. The summed E-state index contributed by atoms with van der Waals surface area (Å²) in [6.45, 7) is 1.96. The van der Waals surface area contributed by atoms with Crippen LogP contribution in [0, 0.1) is 6.92 Å². The Morgan fingerprint density at radius 2 is 2.04 bits per heavy atom. The second-order valence-electron chi connectivity index (χ2n) is 7.01. The van der Waals surface area contributed by atoms with Gasteiger partial charge in [0.05, 0.1) is 7.11 Å². The van der Waals surface area contributed by atoms with Crippen LogP contribution in [0.5, 0.6) is 5.75 Å². The number of nitrogens with one attached hydrogen (secondary N) is 1. The van der Waals surface area contributed by atoms with Gasteiger partial charge in [0.15, 0.2) is 11.4 Å². The Morgan fingerprint density at radius 3 is 2.73 bits per heavy atom. The number of rotatable bonds is 4. The van der Waals surface area contributed by atoms with Gasteiger partial charge in [-0.05, 0) is 44.7 Å². The van der Waals surface area contributed by atoms with Gasteiger partial charge in [0.1, 0.15) is 5.82 Å². The summed E-state index contributed by atoms with van der Waals surface area (Å²) < 4.78 is 11.5. The average molecular weight is 371 g/mol. The summed E-state index contributed by atoms with van der Waals surface area (Å²) >= 11 is 1.52. The fourth-order valence-corrected chi connectivity index (χ4v) is 5.10. The molecule has 2 saturated heterocycles. The zero-order valence-electron chi connectivity index (χ0n) is 14.8. The molecule has 0 saturated carbocycles. The lowest BCUT2D eigenvalue weighted by Gasteiger charge is -2.38. The van der Waals surface area contributed by atoms with Crippen molar-refractivity contribution >= 4 is 28.3 Å². The molecule has 0 radical (unpaired) electrons. The maximum atomic E-state index is 5.37. The molecule has 26 heavy (non-hydrogen) atoms. The third kappa shape index (κ3) is 2.57. The third-order valence-corrected chi connectivity index (χ3v) is 6.17. The highest BCUT2D eigenvalue weighted by atomic mass is 32.1. The number of pyridine rings is 1. The number of aromatic nitrogens is 5. The minimum atomic E-state index is 0.376. The molecule has 8 nitrogen and oxygen atoms in total. The molecule has 9 heteroatoms. The number of methoxy groups -OCH3 is 1. The van der Waals surface area contributed by atoms with E-state index in [1.807, 2.05) is 25.3 Å². The lowest BCUT2D eigenvalue weighted by atomic mass is 9.98. The molecule has 5 rings (SSSR count). The van der Waals surface area contributed by atoms with Gasteiger partial charge in [0, 0.05) is 35.9 Å². The van der Waals surface area contributed by atoms with Crippen LogP contribution in [-0.4, -0.2) is 49.2 Å². The lowest BCUT2D eigenvalue weighted by Crippen LogP contribution is -2.47.